The van der Waals surface area contributed by atoms with Crippen molar-refractivity contribution < 1.29 is 50.2 Å². The lowest BCUT2D eigenvalue weighted by Gasteiger charge is -2.24. The van der Waals surface area contributed by atoms with Gasteiger partial charge in [-0.2, -0.15) is 22.0 Å². The maximum Gasteiger partial charge on any atom is 0.455 e. The van der Waals surface area contributed by atoms with Gasteiger partial charge in [0.25, 0.3) is 17.7 Å². The molecule has 0 bridgehead atoms. The van der Waals surface area contributed by atoms with Gasteiger partial charge in [0.05, 0.1) is 12.2 Å². The lowest BCUT2D eigenvalue weighted by Crippen LogP contribution is -2.57. The average molecular weight is 457 g/mol. The van der Waals surface area contributed by atoms with Crippen molar-refractivity contribution in [2.45, 2.75) is 37.3 Å². The van der Waals surface area contributed by atoms with Gasteiger partial charge in [-0.1, -0.05) is 0 Å². The Balaban J connectivity index is 2.08. The summed E-state index contributed by atoms with van der Waals surface area (Å²) in [5.74, 6) is -9.56. The standard InChI is InChI=1S/C17H17F6N3O5/c1-7-11(13(27)25-9-5-8(18)3-4-10(9)31-7)26-15(29)12(30-2)14(28)24-6-16(19,20)17(21,22)23/h3-5,7,11-12H,6H2,1-2H3,(H,24,28)(H,25,27)(H,26,29). The van der Waals surface area contributed by atoms with Crippen LogP contribution in [0.1, 0.15) is 6.92 Å². The highest BCUT2D eigenvalue weighted by molar-refractivity contribution is 6.06. The first-order valence-electron chi connectivity index (χ1n) is 8.59. The van der Waals surface area contributed by atoms with Crippen LogP contribution >= 0.6 is 0 Å². The molecule has 0 fully saturated rings. The van der Waals surface area contributed by atoms with Crippen molar-refractivity contribution in [1.29, 1.82) is 0 Å². The van der Waals surface area contributed by atoms with Crippen molar-refractivity contribution in [1.82, 2.24) is 10.6 Å². The van der Waals surface area contributed by atoms with E-state index in [1.165, 1.54) is 18.3 Å². The van der Waals surface area contributed by atoms with E-state index in [1.807, 2.05) is 0 Å². The molecule has 3 N–H and O–H groups in total. The van der Waals surface area contributed by atoms with E-state index in [1.54, 1.807) is 0 Å². The predicted octanol–water partition coefficient (Wildman–Crippen LogP) is 1.36. The van der Waals surface area contributed by atoms with Crippen molar-refractivity contribution in [3.8, 4) is 5.75 Å². The lowest BCUT2D eigenvalue weighted by molar-refractivity contribution is -0.278. The Morgan fingerprint density at radius 3 is 2.45 bits per heavy atom. The molecule has 1 aromatic rings. The van der Waals surface area contributed by atoms with Gasteiger partial charge < -0.3 is 25.4 Å². The first-order chi connectivity index (χ1) is 14.3. The van der Waals surface area contributed by atoms with Crippen molar-refractivity contribution in [3.63, 3.8) is 0 Å². The van der Waals surface area contributed by atoms with Gasteiger partial charge in [-0.05, 0) is 19.1 Å². The molecule has 0 saturated heterocycles. The average Bonchev–Trinajstić information content (AvgIpc) is 2.76. The molecular formula is C17H17F6N3O5. The highest BCUT2D eigenvalue weighted by atomic mass is 19.4. The molecule has 3 atom stereocenters. The predicted molar refractivity (Wildman–Crippen MR) is 91.9 cm³/mol. The van der Waals surface area contributed by atoms with E-state index in [0.717, 1.165) is 19.2 Å². The molecule has 3 unspecified atom stereocenters. The van der Waals surface area contributed by atoms with Gasteiger partial charge in [-0.15, -0.1) is 0 Å². The number of ether oxygens (including phenoxy) is 2. The molecule has 14 heteroatoms. The van der Waals surface area contributed by atoms with Crippen LogP contribution < -0.4 is 20.7 Å². The molecule has 0 saturated carbocycles. The fourth-order valence-corrected chi connectivity index (χ4v) is 2.53. The minimum absolute atomic E-state index is 0.0241. The number of hydrogen-bond acceptors (Lipinski definition) is 5. The van der Waals surface area contributed by atoms with Crippen LogP contribution in [0.3, 0.4) is 0 Å². The smallest absolute Gasteiger partial charge is 0.455 e. The van der Waals surface area contributed by atoms with Crippen molar-refractivity contribution in [2.75, 3.05) is 19.0 Å². The monoisotopic (exact) mass is 457 g/mol. The number of benzene rings is 1. The minimum atomic E-state index is -5.91. The third kappa shape index (κ3) is 5.57. The molecule has 1 aliphatic heterocycles. The zero-order chi connectivity index (χ0) is 23.6. The third-order valence-corrected chi connectivity index (χ3v) is 4.17. The van der Waals surface area contributed by atoms with Crippen LogP contribution in [0.4, 0.5) is 32.0 Å². The second-order valence-corrected chi connectivity index (χ2v) is 6.47. The largest absolute Gasteiger partial charge is 0.486 e. The summed E-state index contributed by atoms with van der Waals surface area (Å²) < 4.78 is 85.9. The summed E-state index contributed by atoms with van der Waals surface area (Å²) in [6.45, 7) is -0.748. The first kappa shape index (κ1) is 24.2. The summed E-state index contributed by atoms with van der Waals surface area (Å²) in [5.41, 5.74) is -0.0241. The maximum atomic E-state index is 13.4. The van der Waals surface area contributed by atoms with Crippen LogP contribution in [0.25, 0.3) is 0 Å². The van der Waals surface area contributed by atoms with E-state index < -0.39 is 60.4 Å². The van der Waals surface area contributed by atoms with Crippen LogP contribution in [0.15, 0.2) is 18.2 Å². The summed E-state index contributed by atoms with van der Waals surface area (Å²) in [5, 5.41) is 5.70. The molecule has 1 heterocycles. The van der Waals surface area contributed by atoms with Crippen LogP contribution in [0.2, 0.25) is 0 Å². The van der Waals surface area contributed by atoms with E-state index in [4.69, 9.17) is 4.74 Å². The molecule has 2 rings (SSSR count). The van der Waals surface area contributed by atoms with Gasteiger partial charge in [0.1, 0.15) is 23.7 Å². The summed E-state index contributed by atoms with van der Waals surface area (Å²) in [6.07, 6.45) is -9.09. The van der Waals surface area contributed by atoms with E-state index >= 15 is 0 Å². The van der Waals surface area contributed by atoms with E-state index in [0.29, 0.717) is 0 Å². The normalized spacial score (nSPS) is 19.9. The summed E-state index contributed by atoms with van der Waals surface area (Å²) in [6, 6.07) is 1.83. The molecular weight excluding hydrogens is 440 g/mol. The summed E-state index contributed by atoms with van der Waals surface area (Å²) in [4.78, 5) is 36.6. The van der Waals surface area contributed by atoms with Gasteiger partial charge in [-0.25, -0.2) is 4.39 Å². The van der Waals surface area contributed by atoms with Crippen molar-refractivity contribution in [3.05, 3.63) is 24.0 Å². The Labute approximate surface area is 171 Å². The second kappa shape index (κ2) is 8.99. The molecule has 1 aromatic carbocycles. The highest BCUT2D eigenvalue weighted by Gasteiger charge is 2.57. The van der Waals surface area contributed by atoms with Gasteiger partial charge >= 0.3 is 12.1 Å². The molecule has 31 heavy (non-hydrogen) atoms. The Hall–Kier alpha value is -3.03. The lowest BCUT2D eigenvalue weighted by atomic mass is 10.1. The first-order valence-corrected chi connectivity index (χ1v) is 8.59. The number of fused-ring (bicyclic) bond motifs is 1. The van der Waals surface area contributed by atoms with Gasteiger partial charge in [0.2, 0.25) is 6.10 Å². The minimum Gasteiger partial charge on any atom is -0.486 e. The zero-order valence-electron chi connectivity index (χ0n) is 16.0. The van der Waals surface area contributed by atoms with Gasteiger partial charge in [-0.3, -0.25) is 14.4 Å². The maximum absolute atomic E-state index is 13.4. The van der Waals surface area contributed by atoms with Gasteiger partial charge in [0.15, 0.2) is 0 Å². The zero-order valence-corrected chi connectivity index (χ0v) is 16.0. The van der Waals surface area contributed by atoms with Crippen LogP contribution in [0.5, 0.6) is 5.75 Å². The molecule has 172 valence electrons. The fourth-order valence-electron chi connectivity index (χ4n) is 2.53. The molecule has 8 nitrogen and oxygen atoms in total. The van der Waals surface area contributed by atoms with E-state index in [9.17, 15) is 40.7 Å². The molecule has 0 aliphatic carbocycles. The van der Waals surface area contributed by atoms with E-state index in [-0.39, 0.29) is 11.4 Å². The summed E-state index contributed by atoms with van der Waals surface area (Å²) in [7, 11) is 0.831. The number of amides is 3. The number of nitrogens with one attached hydrogen (secondary N) is 3. The van der Waals surface area contributed by atoms with Crippen LogP contribution in [-0.2, 0) is 19.1 Å². The number of anilines is 1. The Morgan fingerprint density at radius 2 is 1.87 bits per heavy atom. The highest BCUT2D eigenvalue weighted by Crippen LogP contribution is 2.34. The van der Waals surface area contributed by atoms with Crippen LogP contribution in [0, 0.1) is 5.82 Å². The number of halogens is 6. The molecule has 0 spiro atoms. The number of rotatable bonds is 6. The second-order valence-electron chi connectivity index (χ2n) is 6.47. The third-order valence-electron chi connectivity index (χ3n) is 4.17. The van der Waals surface area contributed by atoms with E-state index in [2.05, 4.69) is 15.4 Å². The Kier molecular flexibility index (Phi) is 7.03. The Morgan fingerprint density at radius 1 is 1.23 bits per heavy atom. The van der Waals surface area contributed by atoms with Gasteiger partial charge in [0, 0.05) is 13.2 Å². The topological polar surface area (TPSA) is 106 Å². The summed E-state index contributed by atoms with van der Waals surface area (Å²) >= 11 is 0. The number of carbonyl (C=O) groups is 3. The van der Waals surface area contributed by atoms with Crippen molar-refractivity contribution >= 4 is 23.4 Å². The van der Waals surface area contributed by atoms with Crippen molar-refractivity contribution in [2.24, 2.45) is 0 Å². The van der Waals surface area contributed by atoms with Crippen LogP contribution in [-0.4, -0.2) is 61.7 Å². The molecule has 1 aliphatic rings. The molecule has 0 radical (unpaired) electrons. The fraction of sp³-hybridized carbons (Fsp3) is 0.471. The molecule has 0 aromatic heterocycles. The number of alkyl halides is 5. The number of carbonyl (C=O) groups excluding carboxylic acids is 3. The number of hydrogen-bond donors (Lipinski definition) is 3. The Bertz CT molecular complexity index is 863. The SMILES string of the molecule is COC(C(=O)NCC(F)(F)C(F)(F)F)C(=O)NC1C(=O)Nc2cc(F)ccc2OC1C. The quantitative estimate of drug-likeness (QED) is 0.442. The molecule has 3 amide bonds. The number of methoxy groups -OCH3 is 1.